The van der Waals surface area contributed by atoms with E-state index < -0.39 is 12.2 Å². The fraction of sp³-hybridized carbons (Fsp3) is 0.524. The fourth-order valence-corrected chi connectivity index (χ4v) is 3.13. The molecular formula is C21H28F3NO. The maximum Gasteiger partial charge on any atom is 0.407 e. The van der Waals surface area contributed by atoms with Crippen LogP contribution in [0, 0.1) is 0 Å². The summed E-state index contributed by atoms with van der Waals surface area (Å²) < 4.78 is 45.5. The van der Waals surface area contributed by atoms with Gasteiger partial charge in [-0.1, -0.05) is 75.8 Å². The molecule has 26 heavy (non-hydrogen) atoms. The Balaban J connectivity index is 2.05. The van der Waals surface area contributed by atoms with Gasteiger partial charge in [0.15, 0.2) is 0 Å². The van der Waals surface area contributed by atoms with Crippen molar-refractivity contribution in [2.75, 3.05) is 6.61 Å². The van der Waals surface area contributed by atoms with Crippen LogP contribution < -0.4 is 10.5 Å². The Morgan fingerprint density at radius 1 is 0.923 bits per heavy atom. The molecule has 0 heterocycles. The van der Waals surface area contributed by atoms with E-state index in [4.69, 9.17) is 10.5 Å². The van der Waals surface area contributed by atoms with Gasteiger partial charge in [-0.15, -0.1) is 0 Å². The smallest absolute Gasteiger partial charge is 0.407 e. The summed E-state index contributed by atoms with van der Waals surface area (Å²) in [5.41, 5.74) is 5.56. The topological polar surface area (TPSA) is 35.2 Å². The molecule has 0 radical (unpaired) electrons. The molecule has 144 valence electrons. The molecule has 5 heteroatoms. The molecule has 0 aliphatic rings. The molecule has 2 aromatic rings. The van der Waals surface area contributed by atoms with Gasteiger partial charge in [-0.2, -0.15) is 13.2 Å². The molecule has 1 atom stereocenters. The number of halogens is 3. The lowest BCUT2D eigenvalue weighted by atomic mass is 9.97. The van der Waals surface area contributed by atoms with Crippen LogP contribution in [0.25, 0.3) is 10.8 Å². The first kappa shape index (κ1) is 20.6. The van der Waals surface area contributed by atoms with E-state index in [9.17, 15) is 13.2 Å². The summed E-state index contributed by atoms with van der Waals surface area (Å²) in [5, 5.41) is 1.22. The van der Waals surface area contributed by atoms with Crippen molar-refractivity contribution in [1.29, 1.82) is 0 Å². The summed E-state index contributed by atoms with van der Waals surface area (Å²) in [6.07, 6.45) is 3.40. The maximum absolute atomic E-state index is 13.3. The Kier molecular flexibility index (Phi) is 7.76. The monoisotopic (exact) mass is 367 g/mol. The van der Waals surface area contributed by atoms with Gasteiger partial charge in [0.1, 0.15) is 11.8 Å². The number of hydrogen-bond acceptors (Lipinski definition) is 2. The molecule has 2 aromatic carbocycles. The quantitative estimate of drug-likeness (QED) is 0.484. The molecular weight excluding hydrogens is 339 g/mol. The van der Waals surface area contributed by atoms with E-state index in [-0.39, 0.29) is 11.3 Å². The van der Waals surface area contributed by atoms with E-state index in [0.29, 0.717) is 12.0 Å². The van der Waals surface area contributed by atoms with Crippen molar-refractivity contribution in [3.8, 4) is 5.75 Å². The minimum Gasteiger partial charge on any atom is -0.493 e. The largest absolute Gasteiger partial charge is 0.493 e. The lowest BCUT2D eigenvalue weighted by Gasteiger charge is -2.21. The van der Waals surface area contributed by atoms with Gasteiger partial charge in [0.05, 0.1) is 6.61 Å². The van der Waals surface area contributed by atoms with Gasteiger partial charge in [0.25, 0.3) is 0 Å². The van der Waals surface area contributed by atoms with Crippen LogP contribution in [0.2, 0.25) is 0 Å². The molecule has 0 unspecified atom stereocenters. The van der Waals surface area contributed by atoms with Gasteiger partial charge in [-0.25, -0.2) is 0 Å². The van der Waals surface area contributed by atoms with Crippen LogP contribution >= 0.6 is 0 Å². The summed E-state index contributed by atoms with van der Waals surface area (Å²) >= 11 is 0. The average Bonchev–Trinajstić information content (AvgIpc) is 2.62. The van der Waals surface area contributed by atoms with Crippen molar-refractivity contribution in [2.24, 2.45) is 5.73 Å². The normalized spacial score (nSPS) is 13.1. The third-order valence-corrected chi connectivity index (χ3v) is 4.60. The molecule has 2 N–H and O–H groups in total. The van der Waals surface area contributed by atoms with Crippen LogP contribution in [-0.2, 0) is 0 Å². The van der Waals surface area contributed by atoms with Gasteiger partial charge < -0.3 is 10.5 Å². The second kappa shape index (κ2) is 9.81. The van der Waals surface area contributed by atoms with Crippen molar-refractivity contribution in [1.82, 2.24) is 0 Å². The highest BCUT2D eigenvalue weighted by Gasteiger charge is 2.40. The van der Waals surface area contributed by atoms with Crippen molar-refractivity contribution in [3.63, 3.8) is 0 Å². The Morgan fingerprint density at radius 2 is 1.58 bits per heavy atom. The highest BCUT2D eigenvalue weighted by molar-refractivity contribution is 5.88. The summed E-state index contributed by atoms with van der Waals surface area (Å²) in [5.74, 6) is 0.236. The summed E-state index contributed by atoms with van der Waals surface area (Å²) in [6.45, 7) is 2.59. The number of ether oxygens (including phenoxy) is 1. The molecule has 2 rings (SSSR count). The van der Waals surface area contributed by atoms with Crippen molar-refractivity contribution in [2.45, 2.75) is 64.1 Å². The van der Waals surface area contributed by atoms with Gasteiger partial charge >= 0.3 is 6.18 Å². The minimum absolute atomic E-state index is 0.0264. The maximum atomic E-state index is 13.3. The first-order valence-corrected chi connectivity index (χ1v) is 9.42. The Labute approximate surface area is 153 Å². The standard InChI is InChI=1S/C21H28F3NO/c1-2-3-4-5-6-7-10-15-26-18-14-13-16-11-8-9-12-17(16)19(18)20(25)21(22,23)24/h8-9,11-14,20H,2-7,10,15,25H2,1H3/t20-/m0/s1. The molecule has 0 aliphatic heterocycles. The minimum atomic E-state index is -4.51. The second-order valence-corrected chi connectivity index (χ2v) is 6.69. The zero-order valence-corrected chi connectivity index (χ0v) is 15.3. The van der Waals surface area contributed by atoms with Crippen LogP contribution in [0.5, 0.6) is 5.75 Å². The zero-order chi connectivity index (χ0) is 19.0. The number of unbranched alkanes of at least 4 members (excludes halogenated alkanes) is 6. The number of alkyl halides is 3. The lowest BCUT2D eigenvalue weighted by Crippen LogP contribution is -2.29. The predicted octanol–water partition coefficient (Wildman–Crippen LogP) is 6.53. The first-order valence-electron chi connectivity index (χ1n) is 9.42. The van der Waals surface area contributed by atoms with Gasteiger partial charge in [0, 0.05) is 5.56 Å². The van der Waals surface area contributed by atoms with Gasteiger partial charge in [0.2, 0.25) is 0 Å². The van der Waals surface area contributed by atoms with Crippen LogP contribution in [0.4, 0.5) is 13.2 Å². The van der Waals surface area contributed by atoms with Crippen LogP contribution in [0.15, 0.2) is 36.4 Å². The molecule has 0 aliphatic carbocycles. The van der Waals surface area contributed by atoms with E-state index in [0.717, 1.165) is 24.6 Å². The molecule has 0 amide bonds. The number of nitrogens with two attached hydrogens (primary N) is 1. The van der Waals surface area contributed by atoms with Crippen molar-refractivity contribution >= 4 is 10.8 Å². The van der Waals surface area contributed by atoms with Crippen molar-refractivity contribution < 1.29 is 17.9 Å². The number of benzene rings is 2. The lowest BCUT2D eigenvalue weighted by molar-refractivity contribution is -0.149. The first-order chi connectivity index (χ1) is 12.4. The van der Waals surface area contributed by atoms with Crippen LogP contribution in [-0.4, -0.2) is 12.8 Å². The zero-order valence-electron chi connectivity index (χ0n) is 15.3. The van der Waals surface area contributed by atoms with E-state index in [1.54, 1.807) is 36.4 Å². The summed E-state index contributed by atoms with van der Waals surface area (Å²) in [4.78, 5) is 0. The third-order valence-electron chi connectivity index (χ3n) is 4.60. The van der Waals surface area contributed by atoms with E-state index in [2.05, 4.69) is 6.92 Å². The highest BCUT2D eigenvalue weighted by atomic mass is 19.4. The molecule has 0 aromatic heterocycles. The van der Waals surface area contributed by atoms with Crippen LogP contribution in [0.1, 0.15) is 63.5 Å². The van der Waals surface area contributed by atoms with Crippen LogP contribution in [0.3, 0.4) is 0 Å². The molecule has 2 nitrogen and oxygen atoms in total. The summed E-state index contributed by atoms with van der Waals surface area (Å²) in [6, 6.07) is 8.28. The molecule has 0 spiro atoms. The average molecular weight is 367 g/mol. The van der Waals surface area contributed by atoms with Crippen molar-refractivity contribution in [3.05, 3.63) is 42.0 Å². The fourth-order valence-electron chi connectivity index (χ4n) is 3.13. The highest BCUT2D eigenvalue weighted by Crippen LogP contribution is 2.39. The molecule has 0 saturated carbocycles. The van der Waals surface area contributed by atoms with E-state index in [1.165, 1.54) is 25.7 Å². The SMILES string of the molecule is CCCCCCCCCOc1ccc2ccccc2c1[C@H](N)C(F)(F)F. The Hall–Kier alpha value is -1.75. The summed E-state index contributed by atoms with van der Waals surface area (Å²) in [7, 11) is 0. The number of hydrogen-bond donors (Lipinski definition) is 1. The Bertz CT molecular complexity index is 685. The van der Waals surface area contributed by atoms with E-state index in [1.807, 2.05) is 0 Å². The molecule has 0 fully saturated rings. The second-order valence-electron chi connectivity index (χ2n) is 6.69. The Morgan fingerprint density at radius 3 is 2.27 bits per heavy atom. The number of rotatable bonds is 10. The van der Waals surface area contributed by atoms with E-state index >= 15 is 0 Å². The van der Waals surface area contributed by atoms with Gasteiger partial charge in [-0.05, 0) is 23.3 Å². The molecule has 0 bridgehead atoms. The number of fused-ring (bicyclic) bond motifs is 1. The third kappa shape index (κ3) is 5.63. The predicted molar refractivity (Wildman–Crippen MR) is 100 cm³/mol. The molecule has 0 saturated heterocycles. The van der Waals surface area contributed by atoms with Gasteiger partial charge in [-0.3, -0.25) is 0 Å².